The van der Waals surface area contributed by atoms with E-state index in [1.807, 2.05) is 73.2 Å². The summed E-state index contributed by atoms with van der Waals surface area (Å²) in [5.74, 6) is 0. The van der Waals surface area contributed by atoms with Gasteiger partial charge in [-0.05, 0) is 282 Å². The van der Waals surface area contributed by atoms with Crippen LogP contribution in [0.3, 0.4) is 0 Å². The van der Waals surface area contributed by atoms with Gasteiger partial charge in [-0.2, -0.15) is 0 Å². The predicted molar refractivity (Wildman–Crippen MR) is 546 cm³/mol. The molecule has 130 heavy (non-hydrogen) atoms. The summed E-state index contributed by atoms with van der Waals surface area (Å²) in [5.41, 5.74) is 26.8. The minimum absolute atomic E-state index is 0.866. The number of hydrogen-bond acceptors (Lipinski definition) is 6. The molecule has 606 valence electrons. The summed E-state index contributed by atoms with van der Waals surface area (Å²) in [4.78, 5) is 27.8. The summed E-state index contributed by atoms with van der Waals surface area (Å²) in [6.45, 7) is 0. The van der Waals surface area contributed by atoms with Crippen molar-refractivity contribution in [3.05, 3.63) is 486 Å². The van der Waals surface area contributed by atoms with E-state index in [2.05, 4.69) is 409 Å². The zero-order valence-corrected chi connectivity index (χ0v) is 70.9. The highest BCUT2D eigenvalue weighted by atomic mass is 14.8. The lowest BCUT2D eigenvalue weighted by atomic mass is 9.83. The van der Waals surface area contributed by atoms with E-state index in [9.17, 15) is 0 Å². The molecule has 0 atom stereocenters. The Kier molecular flexibility index (Phi) is 20.2. The van der Waals surface area contributed by atoms with Crippen molar-refractivity contribution in [3.8, 4) is 134 Å². The fourth-order valence-corrected chi connectivity index (χ4v) is 19.4. The van der Waals surface area contributed by atoms with E-state index in [1.54, 1.807) is 18.6 Å². The van der Waals surface area contributed by atoms with Gasteiger partial charge in [0.1, 0.15) is 0 Å². The lowest BCUT2D eigenvalue weighted by molar-refractivity contribution is 1.25. The number of fused-ring (bicyclic) bond motifs is 11. The molecule has 0 N–H and O–H groups in total. The molecule has 0 bridgehead atoms. The van der Waals surface area contributed by atoms with Gasteiger partial charge in [-0.3, -0.25) is 29.9 Å². The molecular formula is C124H80N6. The molecule has 0 saturated heterocycles. The van der Waals surface area contributed by atoms with Crippen molar-refractivity contribution in [2.75, 3.05) is 0 Å². The second-order valence-corrected chi connectivity index (χ2v) is 33.0. The second kappa shape index (κ2) is 34.0. The third-order valence-electron chi connectivity index (χ3n) is 25.4. The molecule has 0 amide bonds. The van der Waals surface area contributed by atoms with Gasteiger partial charge in [0.25, 0.3) is 0 Å². The molecule has 0 aliphatic rings. The SMILES string of the molecule is c1ccc(-c2c3ccccc3c(-c3cc4ccccc4c4ccccc34)c3cc(-c4ccc(-c5ccccn5)nc4)ccc23)cc1.c1ccc(-c2c3ccccc3c(-c3ccc4ccccc4c3)c3cc(-c4ccc(-c5ccccn5)nc4)ccc23)cc1.c1ccc(-c2c3ccccc3c(-c3ccc4ccccc4c3)c3ccc(-c4ccc(-c5ccccn5)nc4)cc23)cc1. The normalized spacial score (nSPS) is 11.4. The molecule has 0 radical (unpaired) electrons. The van der Waals surface area contributed by atoms with Crippen molar-refractivity contribution in [1.29, 1.82) is 0 Å². The molecule has 0 fully saturated rings. The maximum Gasteiger partial charge on any atom is 0.0886 e. The van der Waals surface area contributed by atoms with E-state index in [0.29, 0.717) is 0 Å². The van der Waals surface area contributed by atoms with E-state index < -0.39 is 0 Å². The fourth-order valence-electron chi connectivity index (χ4n) is 19.4. The molecule has 0 aliphatic carbocycles. The quantitative estimate of drug-likeness (QED) is 0.0896. The number of aromatic nitrogens is 6. The average molecular weight is 1650 g/mol. The van der Waals surface area contributed by atoms with Gasteiger partial charge in [0.05, 0.1) is 34.2 Å². The highest BCUT2D eigenvalue weighted by Crippen LogP contribution is 2.51. The first-order valence-electron chi connectivity index (χ1n) is 44.1. The summed E-state index contributed by atoms with van der Waals surface area (Å²) in [6.07, 6.45) is 11.3. The first kappa shape index (κ1) is 77.5. The summed E-state index contributed by atoms with van der Waals surface area (Å²) in [6, 6.07) is 161. The molecule has 0 saturated carbocycles. The molecule has 6 heterocycles. The van der Waals surface area contributed by atoms with Crippen LogP contribution in [0.25, 0.3) is 242 Å². The molecule has 25 rings (SSSR count). The van der Waals surface area contributed by atoms with Gasteiger partial charge < -0.3 is 0 Å². The summed E-state index contributed by atoms with van der Waals surface area (Å²) in [7, 11) is 0. The Bertz CT molecular complexity index is 8590. The Hall–Kier alpha value is -17.3. The van der Waals surface area contributed by atoms with E-state index in [1.165, 1.54) is 174 Å². The molecule has 6 aromatic heterocycles. The lowest BCUT2D eigenvalue weighted by Crippen LogP contribution is -1.93. The van der Waals surface area contributed by atoms with Crippen molar-refractivity contribution >= 4 is 108 Å². The van der Waals surface area contributed by atoms with Crippen molar-refractivity contribution in [1.82, 2.24) is 29.9 Å². The Morgan fingerprint density at radius 3 is 0.738 bits per heavy atom. The third-order valence-corrected chi connectivity index (χ3v) is 25.4. The van der Waals surface area contributed by atoms with Crippen LogP contribution in [0.2, 0.25) is 0 Å². The van der Waals surface area contributed by atoms with Crippen molar-refractivity contribution in [3.63, 3.8) is 0 Å². The predicted octanol–water partition coefficient (Wildman–Crippen LogP) is 33.0. The molecular weight excluding hydrogens is 1570 g/mol. The minimum atomic E-state index is 0.866. The number of nitrogens with zero attached hydrogens (tertiary/aromatic N) is 6. The minimum Gasteiger partial charge on any atom is -0.255 e. The first-order valence-corrected chi connectivity index (χ1v) is 44.1. The maximum absolute atomic E-state index is 4.81. The largest absolute Gasteiger partial charge is 0.255 e. The fraction of sp³-hybridized carbons (Fsp3) is 0. The lowest BCUT2D eigenvalue weighted by Gasteiger charge is -2.20. The Morgan fingerprint density at radius 2 is 0.377 bits per heavy atom. The molecule has 0 spiro atoms. The standard InChI is InChI=1S/C44H28N2.2C40H26N2/c1-2-12-29(13-3-1)43-36-18-8-9-19-37(36)44(39-27-31-14-4-5-15-33(31)34-16-6-7-17-35(34)39)40-26-30(21-23-38(40)43)32-22-24-42(46-28-32)41-20-10-11-25-45-41;1-2-11-28(12-3-1)39-33-14-6-7-15-34(33)40(31-18-17-27-10-4-5-13-29(27)24-31)35-21-19-30(25-36(35)39)32-20-22-38(42-26-32)37-16-8-9-23-41-37;1-2-11-28(12-3-1)39-33-14-6-7-15-34(33)40(31-18-17-27-10-4-5-13-29(27)24-31)36-25-30(19-21-35(36)39)32-20-22-38(42-26-32)37-16-8-9-23-41-37/h1-28H;2*1-26H. The Morgan fingerprint density at radius 1 is 0.115 bits per heavy atom. The van der Waals surface area contributed by atoms with Gasteiger partial charge >= 0.3 is 0 Å². The third kappa shape index (κ3) is 14.5. The Balaban J connectivity index is 0.000000111. The topological polar surface area (TPSA) is 77.3 Å². The summed E-state index contributed by atoms with van der Waals surface area (Å²) in [5, 5.41) is 24.9. The van der Waals surface area contributed by atoms with Crippen LogP contribution < -0.4 is 0 Å². The number of rotatable bonds is 12. The van der Waals surface area contributed by atoms with Gasteiger partial charge in [-0.1, -0.05) is 358 Å². The van der Waals surface area contributed by atoms with Gasteiger partial charge in [0.2, 0.25) is 0 Å². The van der Waals surface area contributed by atoms with Gasteiger partial charge in [-0.25, -0.2) is 0 Å². The number of hydrogen-bond donors (Lipinski definition) is 0. The van der Waals surface area contributed by atoms with Crippen LogP contribution >= 0.6 is 0 Å². The summed E-state index contributed by atoms with van der Waals surface area (Å²) >= 11 is 0. The van der Waals surface area contributed by atoms with Crippen LogP contribution in [0.4, 0.5) is 0 Å². The van der Waals surface area contributed by atoms with Gasteiger partial charge in [0, 0.05) is 53.9 Å². The summed E-state index contributed by atoms with van der Waals surface area (Å²) < 4.78 is 0. The van der Waals surface area contributed by atoms with Crippen LogP contribution in [-0.2, 0) is 0 Å². The highest BCUT2D eigenvalue weighted by Gasteiger charge is 2.24. The average Bonchev–Trinajstić information content (AvgIpc) is 0.721. The number of benzene rings is 19. The maximum atomic E-state index is 4.81. The molecule has 25 aromatic rings. The molecule has 19 aromatic carbocycles. The molecule has 0 unspecified atom stereocenters. The smallest absolute Gasteiger partial charge is 0.0886 e. The van der Waals surface area contributed by atoms with Gasteiger partial charge in [-0.15, -0.1) is 0 Å². The second-order valence-electron chi connectivity index (χ2n) is 33.0. The van der Waals surface area contributed by atoms with Gasteiger partial charge in [0.15, 0.2) is 0 Å². The highest BCUT2D eigenvalue weighted by molar-refractivity contribution is 6.28. The Labute approximate surface area is 752 Å². The van der Waals surface area contributed by atoms with E-state index in [4.69, 9.17) is 15.0 Å². The molecule has 6 nitrogen and oxygen atoms in total. The van der Waals surface area contributed by atoms with E-state index in [-0.39, 0.29) is 0 Å². The molecule has 6 heteroatoms. The zero-order chi connectivity index (χ0) is 86.2. The molecule has 0 aliphatic heterocycles. The van der Waals surface area contributed by atoms with Crippen LogP contribution in [0, 0.1) is 0 Å². The monoisotopic (exact) mass is 1650 g/mol. The van der Waals surface area contributed by atoms with Crippen LogP contribution in [0.1, 0.15) is 0 Å². The van der Waals surface area contributed by atoms with E-state index >= 15 is 0 Å². The van der Waals surface area contributed by atoms with Crippen LogP contribution in [-0.4, -0.2) is 29.9 Å². The van der Waals surface area contributed by atoms with Crippen molar-refractivity contribution in [2.24, 2.45) is 0 Å². The van der Waals surface area contributed by atoms with Crippen LogP contribution in [0.5, 0.6) is 0 Å². The number of pyridine rings is 6. The van der Waals surface area contributed by atoms with Crippen molar-refractivity contribution in [2.45, 2.75) is 0 Å². The van der Waals surface area contributed by atoms with E-state index in [0.717, 1.165) is 67.5 Å². The van der Waals surface area contributed by atoms with Crippen molar-refractivity contribution < 1.29 is 0 Å². The zero-order valence-electron chi connectivity index (χ0n) is 70.9. The van der Waals surface area contributed by atoms with Crippen LogP contribution in [0.15, 0.2) is 486 Å². The first-order chi connectivity index (χ1) is 64.5.